The van der Waals surface area contributed by atoms with Crippen molar-refractivity contribution in [2.24, 2.45) is 0 Å². The fourth-order valence-corrected chi connectivity index (χ4v) is 3.12. The van der Waals surface area contributed by atoms with Gasteiger partial charge in [-0.1, -0.05) is 18.2 Å². The summed E-state index contributed by atoms with van der Waals surface area (Å²) in [5.74, 6) is -0.871. The molecule has 24 heavy (non-hydrogen) atoms. The molecular formula is C17H18FNO4S. The number of sulfonamides is 1. The van der Waals surface area contributed by atoms with Crippen molar-refractivity contribution < 1.29 is 22.3 Å². The van der Waals surface area contributed by atoms with Gasteiger partial charge in [0.05, 0.1) is 17.1 Å². The van der Waals surface area contributed by atoms with Crippen molar-refractivity contribution in [1.82, 2.24) is 4.72 Å². The molecule has 2 rings (SSSR count). The van der Waals surface area contributed by atoms with E-state index in [1.54, 1.807) is 25.1 Å². The molecule has 7 heteroatoms. The average molecular weight is 351 g/mol. The summed E-state index contributed by atoms with van der Waals surface area (Å²) >= 11 is 0. The molecule has 2 aromatic rings. The first-order valence-corrected chi connectivity index (χ1v) is 8.92. The Morgan fingerprint density at radius 2 is 1.79 bits per heavy atom. The highest BCUT2D eigenvalue weighted by molar-refractivity contribution is 7.89. The lowest BCUT2D eigenvalue weighted by Crippen LogP contribution is -2.26. The van der Waals surface area contributed by atoms with E-state index in [0.29, 0.717) is 5.56 Å². The molecule has 0 saturated heterocycles. The van der Waals surface area contributed by atoms with Crippen LogP contribution in [0.2, 0.25) is 0 Å². The van der Waals surface area contributed by atoms with Crippen LogP contribution in [0.1, 0.15) is 22.8 Å². The van der Waals surface area contributed by atoms with Crippen LogP contribution in [-0.2, 0) is 21.2 Å². The van der Waals surface area contributed by atoms with Gasteiger partial charge in [-0.15, -0.1) is 0 Å². The third-order valence-corrected chi connectivity index (χ3v) is 4.80. The van der Waals surface area contributed by atoms with E-state index in [-0.39, 0.29) is 35.8 Å². The molecule has 0 saturated carbocycles. The molecule has 0 amide bonds. The lowest BCUT2D eigenvalue weighted by atomic mass is 10.1. The molecule has 0 unspecified atom stereocenters. The summed E-state index contributed by atoms with van der Waals surface area (Å²) in [6.45, 7) is 2.01. The lowest BCUT2D eigenvalue weighted by molar-refractivity contribution is 0.0526. The van der Waals surface area contributed by atoms with Crippen molar-refractivity contribution in [3.8, 4) is 0 Å². The molecule has 0 spiro atoms. The van der Waals surface area contributed by atoms with E-state index in [1.807, 2.05) is 0 Å². The summed E-state index contributed by atoms with van der Waals surface area (Å²) < 4.78 is 45.1. The minimum atomic E-state index is -3.72. The van der Waals surface area contributed by atoms with Crippen LogP contribution in [0.15, 0.2) is 53.4 Å². The summed E-state index contributed by atoms with van der Waals surface area (Å²) in [4.78, 5) is 11.6. The van der Waals surface area contributed by atoms with E-state index >= 15 is 0 Å². The molecule has 0 heterocycles. The van der Waals surface area contributed by atoms with Crippen LogP contribution in [0, 0.1) is 5.82 Å². The Morgan fingerprint density at radius 1 is 1.12 bits per heavy atom. The third-order valence-electron chi connectivity index (χ3n) is 3.32. The van der Waals surface area contributed by atoms with Gasteiger partial charge in [0.15, 0.2) is 0 Å². The predicted molar refractivity (Wildman–Crippen MR) is 87.7 cm³/mol. The Labute approximate surface area is 140 Å². The Bertz CT molecular complexity index is 804. The maximum Gasteiger partial charge on any atom is 0.338 e. The predicted octanol–water partition coefficient (Wildman–Crippen LogP) is 2.52. The Balaban J connectivity index is 2.00. The highest BCUT2D eigenvalue weighted by Crippen LogP contribution is 2.12. The monoisotopic (exact) mass is 351 g/mol. The van der Waals surface area contributed by atoms with Crippen molar-refractivity contribution in [2.75, 3.05) is 13.2 Å². The molecule has 5 nitrogen and oxygen atoms in total. The minimum absolute atomic E-state index is 0.0316. The molecule has 0 fully saturated rings. The first-order valence-electron chi connectivity index (χ1n) is 7.44. The number of carbonyl (C=O) groups excluding carboxylic acids is 1. The molecule has 1 N–H and O–H groups in total. The summed E-state index contributed by atoms with van der Waals surface area (Å²) in [6, 6.07) is 11.7. The smallest absolute Gasteiger partial charge is 0.338 e. The van der Waals surface area contributed by atoms with Crippen LogP contribution in [0.25, 0.3) is 0 Å². The Morgan fingerprint density at radius 3 is 2.42 bits per heavy atom. The van der Waals surface area contributed by atoms with Crippen LogP contribution in [-0.4, -0.2) is 27.5 Å². The van der Waals surface area contributed by atoms with Crippen LogP contribution in [0.3, 0.4) is 0 Å². The molecule has 0 aliphatic rings. The van der Waals surface area contributed by atoms with Crippen LogP contribution < -0.4 is 4.72 Å². The second-order valence-electron chi connectivity index (χ2n) is 4.98. The highest BCUT2D eigenvalue weighted by atomic mass is 32.2. The quantitative estimate of drug-likeness (QED) is 0.778. The van der Waals surface area contributed by atoms with Crippen molar-refractivity contribution in [3.05, 3.63) is 65.5 Å². The van der Waals surface area contributed by atoms with E-state index in [2.05, 4.69) is 4.72 Å². The summed E-state index contributed by atoms with van der Waals surface area (Å²) in [6.07, 6.45) is 0.243. The zero-order chi connectivity index (χ0) is 17.6. The van der Waals surface area contributed by atoms with Gasteiger partial charge in [-0.3, -0.25) is 0 Å². The molecule has 0 aromatic heterocycles. The molecule has 0 radical (unpaired) electrons. The van der Waals surface area contributed by atoms with Gasteiger partial charge >= 0.3 is 5.97 Å². The topological polar surface area (TPSA) is 72.5 Å². The van der Waals surface area contributed by atoms with Gasteiger partial charge in [-0.05, 0) is 49.2 Å². The number of rotatable bonds is 7. The maximum absolute atomic E-state index is 13.5. The summed E-state index contributed by atoms with van der Waals surface area (Å²) in [7, 11) is -3.72. The Hall–Kier alpha value is -2.25. The number of nitrogens with one attached hydrogen (secondary N) is 1. The number of hydrogen-bond acceptors (Lipinski definition) is 4. The first kappa shape index (κ1) is 18.1. The van der Waals surface area contributed by atoms with Gasteiger partial charge in [-0.25, -0.2) is 22.3 Å². The molecule has 0 bridgehead atoms. The first-order chi connectivity index (χ1) is 11.4. The second kappa shape index (κ2) is 8.03. The molecule has 0 atom stereocenters. The average Bonchev–Trinajstić information content (AvgIpc) is 2.57. The van der Waals surface area contributed by atoms with E-state index in [4.69, 9.17) is 4.74 Å². The zero-order valence-electron chi connectivity index (χ0n) is 13.2. The van der Waals surface area contributed by atoms with Gasteiger partial charge in [0.2, 0.25) is 10.0 Å². The number of benzene rings is 2. The van der Waals surface area contributed by atoms with E-state index in [0.717, 1.165) is 0 Å². The van der Waals surface area contributed by atoms with E-state index in [1.165, 1.54) is 30.3 Å². The van der Waals surface area contributed by atoms with Crippen LogP contribution in [0.4, 0.5) is 4.39 Å². The number of carbonyl (C=O) groups is 1. The second-order valence-corrected chi connectivity index (χ2v) is 6.75. The van der Waals surface area contributed by atoms with Gasteiger partial charge in [0.25, 0.3) is 0 Å². The van der Waals surface area contributed by atoms with E-state index in [9.17, 15) is 17.6 Å². The zero-order valence-corrected chi connectivity index (χ0v) is 14.0. The van der Waals surface area contributed by atoms with Crippen molar-refractivity contribution in [1.29, 1.82) is 0 Å². The number of hydrogen-bond donors (Lipinski definition) is 1. The van der Waals surface area contributed by atoms with E-state index < -0.39 is 16.0 Å². The van der Waals surface area contributed by atoms with Gasteiger partial charge in [-0.2, -0.15) is 0 Å². The SMILES string of the molecule is CCOC(=O)c1ccc(S(=O)(=O)NCCc2ccccc2F)cc1. The maximum atomic E-state index is 13.5. The van der Waals surface area contributed by atoms with Crippen molar-refractivity contribution in [2.45, 2.75) is 18.2 Å². The van der Waals surface area contributed by atoms with Gasteiger partial charge in [0, 0.05) is 6.54 Å². The summed E-state index contributed by atoms with van der Waals surface area (Å²) in [5, 5.41) is 0. The third kappa shape index (κ3) is 4.62. The normalized spacial score (nSPS) is 11.2. The fourth-order valence-electron chi connectivity index (χ4n) is 2.09. The minimum Gasteiger partial charge on any atom is -0.462 e. The summed E-state index contributed by atoms with van der Waals surface area (Å²) in [5.41, 5.74) is 0.722. The number of ether oxygens (including phenoxy) is 1. The van der Waals surface area contributed by atoms with Crippen LogP contribution in [0.5, 0.6) is 0 Å². The molecular weight excluding hydrogens is 333 g/mol. The largest absolute Gasteiger partial charge is 0.462 e. The van der Waals surface area contributed by atoms with Crippen molar-refractivity contribution >= 4 is 16.0 Å². The lowest BCUT2D eigenvalue weighted by Gasteiger charge is -2.08. The fraction of sp³-hybridized carbons (Fsp3) is 0.235. The Kier molecular flexibility index (Phi) is 6.05. The number of esters is 1. The van der Waals surface area contributed by atoms with Gasteiger partial charge in [0.1, 0.15) is 5.82 Å². The van der Waals surface area contributed by atoms with Crippen LogP contribution >= 0.6 is 0 Å². The molecule has 128 valence electrons. The van der Waals surface area contributed by atoms with Gasteiger partial charge < -0.3 is 4.74 Å². The molecule has 0 aliphatic heterocycles. The highest BCUT2D eigenvalue weighted by Gasteiger charge is 2.15. The number of halogens is 1. The standard InChI is InChI=1S/C17H18FNO4S/c1-2-23-17(20)14-7-9-15(10-8-14)24(21,22)19-12-11-13-5-3-4-6-16(13)18/h3-10,19H,2,11-12H2,1H3. The molecule has 2 aromatic carbocycles. The molecule has 0 aliphatic carbocycles. The van der Waals surface area contributed by atoms with Crippen molar-refractivity contribution in [3.63, 3.8) is 0 Å².